The highest BCUT2D eigenvalue weighted by molar-refractivity contribution is 4.52. The van der Waals surface area contributed by atoms with Crippen LogP contribution in [-0.2, 0) is 0 Å². The summed E-state index contributed by atoms with van der Waals surface area (Å²) < 4.78 is 0. The molecule has 0 saturated carbocycles. The lowest BCUT2D eigenvalue weighted by molar-refractivity contribution is 0.290. The Bertz CT molecular complexity index is 66.3. The fourth-order valence-electron chi connectivity index (χ4n) is 0.757. The zero-order valence-corrected chi connectivity index (χ0v) is 7.06. The Morgan fingerprint density at radius 2 is 2.10 bits per heavy atom. The van der Waals surface area contributed by atoms with Crippen molar-refractivity contribution in [2.45, 2.75) is 26.7 Å². The van der Waals surface area contributed by atoms with Gasteiger partial charge >= 0.3 is 0 Å². The van der Waals surface area contributed by atoms with Crippen molar-refractivity contribution in [2.75, 3.05) is 19.7 Å². The first-order valence-electron chi connectivity index (χ1n) is 4.12. The van der Waals surface area contributed by atoms with Crippen LogP contribution < -0.4 is 5.32 Å². The van der Waals surface area contributed by atoms with E-state index >= 15 is 0 Å². The van der Waals surface area contributed by atoms with E-state index in [-0.39, 0.29) is 6.61 Å². The van der Waals surface area contributed by atoms with Gasteiger partial charge in [-0.1, -0.05) is 20.3 Å². The van der Waals surface area contributed by atoms with Gasteiger partial charge in [0.15, 0.2) is 0 Å². The molecule has 62 valence electrons. The van der Waals surface area contributed by atoms with Crippen LogP contribution in [0.4, 0.5) is 0 Å². The smallest absolute Gasteiger partial charge is 0.0555 e. The maximum Gasteiger partial charge on any atom is 0.0555 e. The van der Waals surface area contributed by atoms with Gasteiger partial charge in [-0.25, -0.2) is 0 Å². The molecule has 2 heteroatoms. The highest BCUT2D eigenvalue weighted by Crippen LogP contribution is 2.03. The van der Waals surface area contributed by atoms with E-state index in [4.69, 9.17) is 5.11 Å². The van der Waals surface area contributed by atoms with E-state index in [1.54, 1.807) is 0 Å². The highest BCUT2D eigenvalue weighted by atomic mass is 16.3. The summed E-state index contributed by atoms with van der Waals surface area (Å²) in [7, 11) is 0. The van der Waals surface area contributed by atoms with Crippen LogP contribution in [0.2, 0.25) is 0 Å². The molecule has 1 unspecified atom stereocenters. The quantitative estimate of drug-likeness (QED) is 0.547. The molecule has 0 fully saturated rings. The van der Waals surface area contributed by atoms with Crippen molar-refractivity contribution in [3.63, 3.8) is 0 Å². The minimum atomic E-state index is 0.251. The van der Waals surface area contributed by atoms with Gasteiger partial charge in [-0.3, -0.25) is 0 Å². The average molecular weight is 145 g/mol. The molecule has 0 amide bonds. The number of nitrogens with one attached hydrogen (secondary N) is 1. The van der Waals surface area contributed by atoms with Gasteiger partial charge in [0, 0.05) is 6.54 Å². The van der Waals surface area contributed by atoms with Crippen LogP contribution in [0.5, 0.6) is 0 Å². The minimum absolute atomic E-state index is 0.251. The zero-order valence-electron chi connectivity index (χ0n) is 7.06. The van der Waals surface area contributed by atoms with Crippen LogP contribution in [0.15, 0.2) is 0 Å². The lowest BCUT2D eigenvalue weighted by Crippen LogP contribution is -2.20. The topological polar surface area (TPSA) is 32.3 Å². The van der Waals surface area contributed by atoms with Gasteiger partial charge in [0.05, 0.1) is 6.61 Å². The molecule has 0 radical (unpaired) electrons. The molecule has 0 aliphatic rings. The number of aliphatic hydroxyl groups is 1. The van der Waals surface area contributed by atoms with Crippen LogP contribution in [0.1, 0.15) is 26.7 Å². The average Bonchev–Trinajstić information content (AvgIpc) is 1.98. The summed E-state index contributed by atoms with van der Waals surface area (Å²) in [5, 5.41) is 11.6. The van der Waals surface area contributed by atoms with Crippen molar-refractivity contribution < 1.29 is 5.11 Å². The summed E-state index contributed by atoms with van der Waals surface area (Å²) in [6, 6.07) is 0. The summed E-state index contributed by atoms with van der Waals surface area (Å²) in [5.74, 6) is 0.811. The first kappa shape index (κ1) is 9.92. The first-order chi connectivity index (χ1) is 4.81. The molecule has 0 saturated heterocycles. The van der Waals surface area contributed by atoms with Crippen LogP contribution in [0.3, 0.4) is 0 Å². The largest absolute Gasteiger partial charge is 0.395 e. The second-order valence-corrected chi connectivity index (χ2v) is 2.78. The predicted molar refractivity (Wildman–Crippen MR) is 44.0 cm³/mol. The summed E-state index contributed by atoms with van der Waals surface area (Å²) in [6.07, 6.45) is 2.47. The second kappa shape index (κ2) is 7.03. The molecule has 0 heterocycles. The number of rotatable bonds is 6. The summed E-state index contributed by atoms with van der Waals surface area (Å²) >= 11 is 0. The second-order valence-electron chi connectivity index (χ2n) is 2.78. The zero-order chi connectivity index (χ0) is 7.82. The van der Waals surface area contributed by atoms with E-state index in [0.29, 0.717) is 0 Å². The van der Waals surface area contributed by atoms with E-state index in [9.17, 15) is 0 Å². The van der Waals surface area contributed by atoms with Crippen LogP contribution >= 0.6 is 0 Å². The van der Waals surface area contributed by atoms with Crippen molar-refractivity contribution in [3.05, 3.63) is 0 Å². The molecule has 0 rings (SSSR count). The molecule has 0 aliphatic carbocycles. The van der Waals surface area contributed by atoms with Gasteiger partial charge in [0.1, 0.15) is 0 Å². The maximum atomic E-state index is 8.43. The van der Waals surface area contributed by atoms with Crippen LogP contribution in [0, 0.1) is 5.92 Å². The third-order valence-corrected chi connectivity index (χ3v) is 1.80. The Kier molecular flexibility index (Phi) is 6.98. The number of hydrogen-bond donors (Lipinski definition) is 2. The summed E-state index contributed by atoms with van der Waals surface area (Å²) in [5.41, 5.74) is 0. The molecule has 0 aromatic carbocycles. The fourth-order valence-corrected chi connectivity index (χ4v) is 0.757. The van der Waals surface area contributed by atoms with Crippen molar-refractivity contribution in [3.8, 4) is 0 Å². The lowest BCUT2D eigenvalue weighted by atomic mass is 10.1. The van der Waals surface area contributed by atoms with Gasteiger partial charge in [-0.2, -0.15) is 0 Å². The van der Waals surface area contributed by atoms with Crippen molar-refractivity contribution in [1.82, 2.24) is 5.32 Å². The van der Waals surface area contributed by atoms with Crippen molar-refractivity contribution in [2.24, 2.45) is 5.92 Å². The molecule has 2 nitrogen and oxygen atoms in total. The molecular formula is C8H19NO. The van der Waals surface area contributed by atoms with Gasteiger partial charge in [0.25, 0.3) is 0 Å². The van der Waals surface area contributed by atoms with Crippen LogP contribution in [-0.4, -0.2) is 24.8 Å². The fraction of sp³-hybridized carbons (Fsp3) is 1.00. The Labute approximate surface area is 63.6 Å². The van der Waals surface area contributed by atoms with E-state index < -0.39 is 0 Å². The minimum Gasteiger partial charge on any atom is -0.395 e. The molecule has 1 atom stereocenters. The molecular weight excluding hydrogens is 126 g/mol. The first-order valence-corrected chi connectivity index (χ1v) is 4.12. The number of aliphatic hydroxyl groups excluding tert-OH is 1. The molecule has 0 bridgehead atoms. The Morgan fingerprint density at radius 3 is 2.60 bits per heavy atom. The van der Waals surface area contributed by atoms with E-state index in [1.165, 1.54) is 12.8 Å². The molecule has 10 heavy (non-hydrogen) atoms. The van der Waals surface area contributed by atoms with Gasteiger partial charge in [-0.15, -0.1) is 0 Å². The summed E-state index contributed by atoms with van der Waals surface area (Å²) in [6.45, 7) is 6.48. The standard InChI is InChI=1S/C8H19NO/c1-3-8(2)4-5-9-6-7-10/h8-10H,3-7H2,1-2H3. The monoisotopic (exact) mass is 145 g/mol. The molecule has 0 aliphatic heterocycles. The number of hydrogen-bond acceptors (Lipinski definition) is 2. The molecule has 0 aromatic rings. The Morgan fingerprint density at radius 1 is 1.40 bits per heavy atom. The van der Waals surface area contributed by atoms with Gasteiger partial charge in [0.2, 0.25) is 0 Å². The van der Waals surface area contributed by atoms with E-state index in [1.807, 2.05) is 0 Å². The Balaban J connectivity index is 2.89. The third kappa shape index (κ3) is 6.05. The third-order valence-electron chi connectivity index (χ3n) is 1.80. The van der Waals surface area contributed by atoms with Crippen LogP contribution in [0.25, 0.3) is 0 Å². The lowest BCUT2D eigenvalue weighted by Gasteiger charge is -2.07. The normalized spacial score (nSPS) is 13.5. The predicted octanol–water partition coefficient (Wildman–Crippen LogP) is 1.00. The molecule has 0 spiro atoms. The maximum absolute atomic E-state index is 8.43. The van der Waals surface area contributed by atoms with Crippen molar-refractivity contribution in [1.29, 1.82) is 0 Å². The SMILES string of the molecule is CCC(C)CCNCCO. The van der Waals surface area contributed by atoms with E-state index in [0.717, 1.165) is 19.0 Å². The Hall–Kier alpha value is -0.0800. The van der Waals surface area contributed by atoms with Gasteiger partial charge < -0.3 is 10.4 Å². The van der Waals surface area contributed by atoms with Gasteiger partial charge in [-0.05, 0) is 18.9 Å². The molecule has 0 aromatic heterocycles. The summed E-state index contributed by atoms with van der Waals surface area (Å²) in [4.78, 5) is 0. The molecule has 2 N–H and O–H groups in total. The van der Waals surface area contributed by atoms with E-state index in [2.05, 4.69) is 19.2 Å². The highest BCUT2D eigenvalue weighted by Gasteiger charge is 1.95. The van der Waals surface area contributed by atoms with Crippen molar-refractivity contribution >= 4 is 0 Å².